The molecule has 0 N–H and O–H groups in total. The zero-order valence-electron chi connectivity index (χ0n) is 11.5. The first kappa shape index (κ1) is 19.3. The van der Waals surface area contributed by atoms with Gasteiger partial charge in [0.1, 0.15) is 6.61 Å². The lowest BCUT2D eigenvalue weighted by atomic mass is 10.6. The number of hydrogen-bond acceptors (Lipinski definition) is 7. The molecule has 0 atom stereocenters. The van der Waals surface area contributed by atoms with Crippen molar-refractivity contribution >= 4 is 38.0 Å². The molecule has 5 nitrogen and oxygen atoms in total. The molecule has 0 spiro atoms. The van der Waals surface area contributed by atoms with Gasteiger partial charge in [0.25, 0.3) is 0 Å². The van der Waals surface area contributed by atoms with Gasteiger partial charge < -0.3 is 13.8 Å². The Hall–Kier alpha value is 0.320. The summed E-state index contributed by atoms with van der Waals surface area (Å²) >= 11 is 5.45. The number of ether oxygens (including phenoxy) is 1. The van der Waals surface area contributed by atoms with Crippen LogP contribution in [0.3, 0.4) is 0 Å². The summed E-state index contributed by atoms with van der Waals surface area (Å²) in [5.74, 6) is 1.37. The van der Waals surface area contributed by atoms with Crippen molar-refractivity contribution in [2.75, 3.05) is 43.2 Å². The van der Waals surface area contributed by atoms with Gasteiger partial charge in [0, 0.05) is 5.75 Å². The molecular weight excluding hydrogens is 307 g/mol. The van der Waals surface area contributed by atoms with Crippen molar-refractivity contribution < 1.29 is 23.1 Å². The van der Waals surface area contributed by atoms with Gasteiger partial charge in [-0.3, -0.25) is 9.36 Å². The maximum Gasteiger partial charge on any atom is 0.330 e. The van der Waals surface area contributed by atoms with Gasteiger partial charge in [-0.25, -0.2) is 0 Å². The number of carbonyl (C=O) groups is 1. The predicted octanol–water partition coefficient (Wildman–Crippen LogP) is 2.85. The van der Waals surface area contributed by atoms with Crippen LogP contribution in [-0.4, -0.2) is 49.2 Å². The molecule has 114 valence electrons. The smallest absolute Gasteiger partial charge is 0.330 e. The molecule has 0 aromatic rings. The normalized spacial score (nSPS) is 11.5. The predicted molar refractivity (Wildman–Crippen MR) is 82.5 cm³/mol. The highest BCUT2D eigenvalue weighted by Crippen LogP contribution is 2.48. The Balaban J connectivity index is 3.60. The molecule has 0 aliphatic heterocycles. The quantitative estimate of drug-likeness (QED) is 0.257. The van der Waals surface area contributed by atoms with Crippen LogP contribution in [0.25, 0.3) is 0 Å². The van der Waals surface area contributed by atoms with Crippen molar-refractivity contribution in [3.8, 4) is 0 Å². The Labute approximate surface area is 125 Å². The summed E-state index contributed by atoms with van der Waals surface area (Å²) in [5.41, 5.74) is 0. The number of thiol groups is 1. The maximum absolute atomic E-state index is 12.1. The minimum Gasteiger partial charge on any atom is -0.464 e. The van der Waals surface area contributed by atoms with E-state index in [9.17, 15) is 9.36 Å². The second-order valence-electron chi connectivity index (χ2n) is 3.51. The van der Waals surface area contributed by atoms with Crippen molar-refractivity contribution in [2.24, 2.45) is 0 Å². The first-order chi connectivity index (χ1) is 9.08. The highest BCUT2D eigenvalue weighted by molar-refractivity contribution is 7.99. The summed E-state index contributed by atoms with van der Waals surface area (Å²) in [4.78, 5) is 10.8. The van der Waals surface area contributed by atoms with Crippen molar-refractivity contribution in [2.45, 2.75) is 20.3 Å². The summed E-state index contributed by atoms with van der Waals surface area (Å²) in [6, 6.07) is 0. The van der Waals surface area contributed by atoms with Gasteiger partial charge in [-0.2, -0.15) is 24.4 Å². The number of hydrogen-bond donors (Lipinski definition) is 1. The molecule has 19 heavy (non-hydrogen) atoms. The van der Waals surface area contributed by atoms with E-state index in [-0.39, 0.29) is 11.7 Å². The van der Waals surface area contributed by atoms with Crippen LogP contribution in [-0.2, 0) is 23.1 Å². The fourth-order valence-electron chi connectivity index (χ4n) is 1.28. The molecule has 0 fully saturated rings. The van der Waals surface area contributed by atoms with Crippen LogP contribution in [0.5, 0.6) is 0 Å². The van der Waals surface area contributed by atoms with Crippen molar-refractivity contribution in [1.29, 1.82) is 0 Å². The van der Waals surface area contributed by atoms with Crippen molar-refractivity contribution in [3.05, 3.63) is 0 Å². The summed E-state index contributed by atoms with van der Waals surface area (Å²) in [6.07, 6.45) is 1.18. The fourth-order valence-corrected chi connectivity index (χ4v) is 4.01. The van der Waals surface area contributed by atoms with Crippen LogP contribution >= 0.6 is 32.0 Å². The summed E-state index contributed by atoms with van der Waals surface area (Å²) in [7, 11) is -2.90. The number of rotatable bonds is 12. The van der Waals surface area contributed by atoms with Gasteiger partial charge >= 0.3 is 13.6 Å². The van der Waals surface area contributed by atoms with E-state index >= 15 is 0 Å². The lowest BCUT2D eigenvalue weighted by Crippen LogP contribution is -2.08. The Morgan fingerprint density at radius 3 is 2.37 bits per heavy atom. The zero-order valence-corrected chi connectivity index (χ0v) is 14.1. The average molecular weight is 330 g/mol. The molecule has 0 aliphatic carbocycles. The standard InChI is InChI=1S/C11H23O5PS2/c1-3-15-17(13,16-4-2)7-5-8-19-9-6-14-11(12)10-18/h18H,3-10H2,1-2H3. The van der Waals surface area contributed by atoms with E-state index in [1.807, 2.05) is 0 Å². The molecule has 0 aromatic carbocycles. The molecule has 0 heterocycles. The number of carbonyl (C=O) groups excluding carboxylic acids is 1. The largest absolute Gasteiger partial charge is 0.464 e. The first-order valence-electron chi connectivity index (χ1n) is 6.30. The Bertz CT molecular complexity index is 278. The first-order valence-corrected chi connectivity index (χ1v) is 9.81. The van der Waals surface area contributed by atoms with E-state index in [0.29, 0.717) is 26.0 Å². The fraction of sp³-hybridized carbons (Fsp3) is 0.909. The molecule has 0 aromatic heterocycles. The molecule has 0 radical (unpaired) electrons. The van der Waals surface area contributed by atoms with E-state index < -0.39 is 7.60 Å². The SMILES string of the molecule is CCOP(=O)(CCCSCCOC(=O)CS)OCC. The van der Waals surface area contributed by atoms with Crippen molar-refractivity contribution in [1.82, 2.24) is 0 Å². The van der Waals surface area contributed by atoms with E-state index in [1.54, 1.807) is 25.6 Å². The van der Waals surface area contributed by atoms with Crippen LogP contribution in [0, 0.1) is 0 Å². The second-order valence-corrected chi connectivity index (χ2v) is 7.24. The Morgan fingerprint density at radius 2 is 1.84 bits per heavy atom. The molecule has 0 bridgehead atoms. The minimum absolute atomic E-state index is 0.108. The van der Waals surface area contributed by atoms with Gasteiger partial charge in [-0.15, -0.1) is 0 Å². The van der Waals surface area contributed by atoms with Crippen LogP contribution < -0.4 is 0 Å². The van der Waals surface area contributed by atoms with E-state index in [4.69, 9.17) is 13.8 Å². The second kappa shape index (κ2) is 12.1. The Kier molecular flexibility index (Phi) is 12.3. The third-order valence-corrected chi connectivity index (χ3v) is 5.45. The summed E-state index contributed by atoms with van der Waals surface area (Å²) in [6.45, 7) is 4.78. The molecule has 0 saturated carbocycles. The Morgan fingerprint density at radius 1 is 1.21 bits per heavy atom. The highest BCUT2D eigenvalue weighted by Gasteiger charge is 2.22. The van der Waals surface area contributed by atoms with Crippen LogP contribution in [0.15, 0.2) is 0 Å². The van der Waals surface area contributed by atoms with Gasteiger partial charge in [-0.05, 0) is 26.0 Å². The molecular formula is C11H23O5PS2. The maximum atomic E-state index is 12.1. The summed E-state index contributed by atoms with van der Waals surface area (Å²) in [5, 5.41) is 0. The lowest BCUT2D eigenvalue weighted by molar-refractivity contribution is -0.139. The third kappa shape index (κ3) is 10.7. The molecule has 0 amide bonds. The van der Waals surface area contributed by atoms with Gasteiger partial charge in [0.2, 0.25) is 0 Å². The molecule has 0 aliphatic rings. The number of esters is 1. The van der Waals surface area contributed by atoms with Gasteiger partial charge in [0.15, 0.2) is 0 Å². The minimum atomic E-state index is -2.90. The van der Waals surface area contributed by atoms with Crippen LogP contribution in [0.4, 0.5) is 0 Å². The van der Waals surface area contributed by atoms with E-state index in [0.717, 1.165) is 17.9 Å². The molecule has 8 heteroatoms. The summed E-state index contributed by atoms with van der Waals surface area (Å²) < 4.78 is 27.4. The van der Waals surface area contributed by atoms with Crippen LogP contribution in [0.2, 0.25) is 0 Å². The third-order valence-electron chi connectivity index (χ3n) is 1.99. The van der Waals surface area contributed by atoms with E-state index in [2.05, 4.69) is 12.6 Å². The molecule has 0 saturated heterocycles. The van der Waals surface area contributed by atoms with Gasteiger partial charge in [0.05, 0.1) is 25.1 Å². The zero-order chi connectivity index (χ0) is 14.6. The highest BCUT2D eigenvalue weighted by atomic mass is 32.2. The van der Waals surface area contributed by atoms with E-state index in [1.165, 1.54) is 0 Å². The van der Waals surface area contributed by atoms with Crippen LogP contribution in [0.1, 0.15) is 20.3 Å². The topological polar surface area (TPSA) is 61.8 Å². The molecule has 0 unspecified atom stereocenters. The molecule has 0 rings (SSSR count). The van der Waals surface area contributed by atoms with Crippen molar-refractivity contribution in [3.63, 3.8) is 0 Å². The van der Waals surface area contributed by atoms with Gasteiger partial charge in [-0.1, -0.05) is 0 Å². The number of thioether (sulfide) groups is 1. The average Bonchev–Trinajstić information content (AvgIpc) is 2.37. The lowest BCUT2D eigenvalue weighted by Gasteiger charge is -2.16. The monoisotopic (exact) mass is 330 g/mol.